The molecule has 1 aliphatic rings. The van der Waals surface area contributed by atoms with E-state index in [0.717, 1.165) is 4.31 Å². The highest BCUT2D eigenvalue weighted by Crippen LogP contribution is 2.23. The van der Waals surface area contributed by atoms with E-state index in [-0.39, 0.29) is 30.7 Å². The number of sulfonamides is 1. The third kappa shape index (κ3) is 3.75. The first-order valence-electron chi connectivity index (χ1n) is 7.76. The average molecular weight is 358 g/mol. The number of aromatic amines is 2. The molecule has 0 aliphatic carbocycles. The Morgan fingerprint density at radius 3 is 2.54 bits per heavy atom. The molecule has 1 saturated heterocycles. The van der Waals surface area contributed by atoms with Crippen LogP contribution >= 0.6 is 0 Å². The molecule has 1 fully saturated rings. The van der Waals surface area contributed by atoms with E-state index in [2.05, 4.69) is 10.3 Å². The van der Waals surface area contributed by atoms with Crippen molar-refractivity contribution in [3.63, 3.8) is 0 Å². The van der Waals surface area contributed by atoms with Crippen LogP contribution in [0, 0.1) is 12.8 Å². The Morgan fingerprint density at radius 1 is 1.29 bits per heavy atom. The van der Waals surface area contributed by atoms with Gasteiger partial charge in [0.2, 0.25) is 15.9 Å². The van der Waals surface area contributed by atoms with Crippen molar-refractivity contribution >= 4 is 15.9 Å². The Hall–Kier alpha value is -1.94. The van der Waals surface area contributed by atoms with E-state index in [1.54, 1.807) is 0 Å². The van der Waals surface area contributed by atoms with Crippen molar-refractivity contribution in [2.24, 2.45) is 5.92 Å². The maximum absolute atomic E-state index is 12.8. The Labute approximate surface area is 139 Å². The number of hydrogen-bond acceptors (Lipinski definition) is 5. The van der Waals surface area contributed by atoms with Crippen LogP contribution in [0.15, 0.2) is 14.5 Å². The van der Waals surface area contributed by atoms with E-state index < -0.39 is 32.1 Å². The zero-order valence-electron chi connectivity index (χ0n) is 13.9. The number of amides is 1. The summed E-state index contributed by atoms with van der Waals surface area (Å²) in [4.78, 5) is 39.1. The van der Waals surface area contributed by atoms with Crippen LogP contribution in [-0.4, -0.2) is 47.7 Å². The number of carbonyl (C=O) groups is 1. The molecule has 24 heavy (non-hydrogen) atoms. The van der Waals surface area contributed by atoms with E-state index in [1.165, 1.54) is 6.92 Å². The summed E-state index contributed by atoms with van der Waals surface area (Å²) in [5.74, 6) is -0.657. The van der Waals surface area contributed by atoms with Gasteiger partial charge in [0.1, 0.15) is 0 Å². The average Bonchev–Trinajstić information content (AvgIpc) is 2.45. The molecule has 1 aromatic rings. The normalized spacial score (nSPS) is 19.4. The maximum atomic E-state index is 12.8. The number of nitrogens with one attached hydrogen (secondary N) is 3. The van der Waals surface area contributed by atoms with Crippen LogP contribution < -0.4 is 16.6 Å². The van der Waals surface area contributed by atoms with Crippen molar-refractivity contribution in [1.82, 2.24) is 19.6 Å². The Morgan fingerprint density at radius 2 is 1.96 bits per heavy atom. The fourth-order valence-electron chi connectivity index (χ4n) is 2.81. The number of H-pyrrole nitrogens is 2. The first-order valence-corrected chi connectivity index (χ1v) is 9.20. The minimum absolute atomic E-state index is 0.0128. The number of aryl methyl sites for hydroxylation is 1. The van der Waals surface area contributed by atoms with E-state index >= 15 is 0 Å². The summed E-state index contributed by atoms with van der Waals surface area (Å²) in [6, 6.07) is -0.0335. The SMILES string of the molecule is Cc1[nH]c(=O)[nH]c(=O)c1S(=O)(=O)N1CCC[C@@H](C(=O)NC(C)C)C1. The summed E-state index contributed by atoms with van der Waals surface area (Å²) in [6.45, 7) is 5.26. The summed E-state index contributed by atoms with van der Waals surface area (Å²) in [5.41, 5.74) is -1.73. The number of hydrogen-bond donors (Lipinski definition) is 3. The summed E-state index contributed by atoms with van der Waals surface area (Å²) >= 11 is 0. The van der Waals surface area contributed by atoms with Gasteiger partial charge >= 0.3 is 5.69 Å². The second-order valence-electron chi connectivity index (χ2n) is 6.23. The fraction of sp³-hybridized carbons (Fsp3) is 0.643. The smallest absolute Gasteiger partial charge is 0.325 e. The molecule has 1 amide bonds. The number of piperidine rings is 1. The van der Waals surface area contributed by atoms with E-state index in [0.29, 0.717) is 12.8 Å². The zero-order valence-corrected chi connectivity index (χ0v) is 14.7. The molecule has 2 rings (SSSR count). The van der Waals surface area contributed by atoms with E-state index in [4.69, 9.17) is 0 Å². The molecule has 0 spiro atoms. The van der Waals surface area contributed by atoms with Crippen LogP contribution in [-0.2, 0) is 14.8 Å². The molecule has 1 atom stereocenters. The van der Waals surface area contributed by atoms with Crippen molar-refractivity contribution in [1.29, 1.82) is 0 Å². The summed E-state index contributed by atoms with van der Waals surface area (Å²) in [7, 11) is -4.10. The molecular formula is C14H22N4O5S. The third-order valence-electron chi connectivity index (χ3n) is 3.86. The Balaban J connectivity index is 2.32. The van der Waals surface area contributed by atoms with Crippen molar-refractivity contribution < 1.29 is 13.2 Å². The van der Waals surface area contributed by atoms with Gasteiger partial charge in [-0.15, -0.1) is 0 Å². The monoisotopic (exact) mass is 358 g/mol. The van der Waals surface area contributed by atoms with Crippen LogP contribution in [0.4, 0.5) is 0 Å². The highest BCUT2D eigenvalue weighted by molar-refractivity contribution is 7.89. The zero-order chi connectivity index (χ0) is 18.1. The van der Waals surface area contributed by atoms with Crippen LogP contribution in [0.5, 0.6) is 0 Å². The number of aromatic nitrogens is 2. The minimum atomic E-state index is -4.10. The molecule has 2 heterocycles. The van der Waals surface area contributed by atoms with Crippen LogP contribution in [0.3, 0.4) is 0 Å². The minimum Gasteiger partial charge on any atom is -0.354 e. The molecule has 3 N–H and O–H groups in total. The lowest BCUT2D eigenvalue weighted by Gasteiger charge is -2.31. The van der Waals surface area contributed by atoms with Gasteiger partial charge in [-0.3, -0.25) is 14.6 Å². The van der Waals surface area contributed by atoms with Gasteiger partial charge in [0.25, 0.3) is 5.56 Å². The molecule has 0 unspecified atom stereocenters. The van der Waals surface area contributed by atoms with Gasteiger partial charge in [-0.25, -0.2) is 13.2 Å². The number of carbonyl (C=O) groups excluding carboxylic acids is 1. The predicted octanol–water partition coefficient (Wildman–Crippen LogP) is -0.703. The van der Waals surface area contributed by atoms with Crippen molar-refractivity contribution in [2.45, 2.75) is 44.6 Å². The molecule has 1 aliphatic heterocycles. The van der Waals surface area contributed by atoms with Crippen molar-refractivity contribution in [2.75, 3.05) is 13.1 Å². The topological polar surface area (TPSA) is 132 Å². The molecule has 0 radical (unpaired) electrons. The van der Waals surface area contributed by atoms with Crippen molar-refractivity contribution in [3.8, 4) is 0 Å². The van der Waals surface area contributed by atoms with Crippen LogP contribution in [0.25, 0.3) is 0 Å². The molecule has 10 heteroatoms. The van der Waals surface area contributed by atoms with Gasteiger partial charge in [-0.2, -0.15) is 4.31 Å². The lowest BCUT2D eigenvalue weighted by molar-refractivity contribution is -0.126. The first kappa shape index (κ1) is 18.4. The maximum Gasteiger partial charge on any atom is 0.325 e. The third-order valence-corrected chi connectivity index (χ3v) is 5.88. The molecule has 134 valence electrons. The van der Waals surface area contributed by atoms with E-state index in [1.807, 2.05) is 18.8 Å². The lowest BCUT2D eigenvalue weighted by Crippen LogP contribution is -2.48. The standard InChI is InChI=1S/C14H22N4O5S/c1-8(2)15-12(19)10-5-4-6-18(7-10)24(22,23)11-9(3)16-14(21)17-13(11)20/h8,10H,4-7H2,1-3H3,(H,15,19)(H2,16,17,20,21)/t10-/m1/s1. The fourth-order valence-corrected chi connectivity index (χ4v) is 4.53. The van der Waals surface area contributed by atoms with Crippen LogP contribution in [0.2, 0.25) is 0 Å². The quantitative estimate of drug-likeness (QED) is 0.654. The second-order valence-corrected chi connectivity index (χ2v) is 8.10. The highest BCUT2D eigenvalue weighted by Gasteiger charge is 2.35. The largest absolute Gasteiger partial charge is 0.354 e. The molecule has 9 nitrogen and oxygen atoms in total. The summed E-state index contributed by atoms with van der Waals surface area (Å²) < 4.78 is 26.7. The van der Waals surface area contributed by atoms with Gasteiger partial charge in [-0.05, 0) is 33.6 Å². The Kier molecular flexibility index (Phi) is 5.29. The van der Waals surface area contributed by atoms with Crippen LogP contribution in [0.1, 0.15) is 32.4 Å². The predicted molar refractivity (Wildman–Crippen MR) is 87.2 cm³/mol. The number of nitrogens with zero attached hydrogens (tertiary/aromatic N) is 1. The first-order chi connectivity index (χ1) is 11.1. The Bertz CT molecular complexity index is 839. The molecular weight excluding hydrogens is 336 g/mol. The molecule has 1 aromatic heterocycles. The van der Waals surface area contributed by atoms with E-state index in [9.17, 15) is 22.8 Å². The summed E-state index contributed by atoms with van der Waals surface area (Å²) in [6.07, 6.45) is 1.11. The molecule has 0 bridgehead atoms. The molecule has 0 saturated carbocycles. The number of rotatable bonds is 4. The van der Waals surface area contributed by atoms with Gasteiger partial charge in [-0.1, -0.05) is 0 Å². The van der Waals surface area contributed by atoms with Crippen molar-refractivity contribution in [3.05, 3.63) is 26.5 Å². The lowest BCUT2D eigenvalue weighted by atomic mass is 9.98. The second kappa shape index (κ2) is 6.89. The van der Waals surface area contributed by atoms with Gasteiger partial charge in [0.05, 0.1) is 5.92 Å². The summed E-state index contributed by atoms with van der Waals surface area (Å²) in [5, 5.41) is 2.78. The van der Waals surface area contributed by atoms with Gasteiger partial charge < -0.3 is 10.3 Å². The highest BCUT2D eigenvalue weighted by atomic mass is 32.2. The van der Waals surface area contributed by atoms with Gasteiger partial charge in [0, 0.05) is 24.8 Å². The van der Waals surface area contributed by atoms with Gasteiger partial charge in [0.15, 0.2) is 4.90 Å². The molecule has 0 aromatic carbocycles.